The average molecular weight is 728 g/mol. The van der Waals surface area contributed by atoms with Crippen molar-refractivity contribution in [1.82, 2.24) is 24.4 Å². The maximum Gasteiger partial charge on any atom is 0.352 e. The van der Waals surface area contributed by atoms with Crippen LogP contribution in [0.4, 0.5) is 9.52 Å². The summed E-state index contributed by atoms with van der Waals surface area (Å²) in [5, 5.41) is 16.0. The molecule has 2 fully saturated rings. The zero-order valence-corrected chi connectivity index (χ0v) is 28.1. The van der Waals surface area contributed by atoms with Crippen LogP contribution in [0.15, 0.2) is 64.3 Å². The van der Waals surface area contributed by atoms with Crippen LogP contribution in [0.25, 0.3) is 5.65 Å². The number of nitrogens with two attached hydrogens (primary N) is 2. The normalized spacial score (nSPS) is 19.7. The number of rotatable bonds is 11. The average Bonchev–Trinajstić information content (AvgIpc) is 3.50. The van der Waals surface area contributed by atoms with Crippen molar-refractivity contribution in [3.8, 4) is 0 Å². The van der Waals surface area contributed by atoms with E-state index < -0.39 is 35.0 Å². The van der Waals surface area contributed by atoms with Gasteiger partial charge in [0.2, 0.25) is 0 Å². The summed E-state index contributed by atoms with van der Waals surface area (Å²) in [7, 11) is 1.24. The number of carbonyl (C=O) groups is 3. The summed E-state index contributed by atoms with van der Waals surface area (Å²) in [4.78, 5) is 53.4. The highest BCUT2D eigenvalue weighted by molar-refractivity contribution is 8.00. The van der Waals surface area contributed by atoms with Gasteiger partial charge in [-0.3, -0.25) is 19.5 Å². The second-order valence-corrected chi connectivity index (χ2v) is 14.2. The summed E-state index contributed by atoms with van der Waals surface area (Å²) in [6, 6.07) is 5.91. The number of β-lactam (4-membered cyclic amide) rings is 1. The number of benzene rings is 1. The SMILES string of the molecule is CO/N=C(\C(=O)N[C@@H]1C(=O)N2C(C(=O)O)=C(Cn3ccc4n3cc[n+]4Cc3ccc(C(N)=NC4CC4)cc3F)CS[C@H]12)c1nc(N)sc1Cl. The lowest BCUT2D eigenvalue weighted by Crippen LogP contribution is -2.71. The minimum absolute atomic E-state index is 0.00330. The van der Waals surface area contributed by atoms with Crippen LogP contribution in [-0.4, -0.2) is 83.8 Å². The summed E-state index contributed by atoms with van der Waals surface area (Å²) >= 11 is 8.43. The second-order valence-electron chi connectivity index (χ2n) is 11.5. The summed E-state index contributed by atoms with van der Waals surface area (Å²) < 4.78 is 20.7. The van der Waals surface area contributed by atoms with Gasteiger partial charge in [0.15, 0.2) is 17.0 Å². The zero-order valence-electron chi connectivity index (χ0n) is 25.7. The fraction of sp³-hybridized carbons (Fsp3) is 0.300. The number of aliphatic imine (C=N–C) groups is 1. The molecular weight excluding hydrogens is 699 g/mol. The monoisotopic (exact) mass is 727 g/mol. The number of aliphatic carboxylic acids is 1. The number of nitrogen functional groups attached to an aromatic ring is 1. The number of amidine groups is 1. The van der Waals surface area contributed by atoms with Gasteiger partial charge in [0.25, 0.3) is 11.8 Å². The Morgan fingerprint density at radius 3 is 2.76 bits per heavy atom. The first-order chi connectivity index (χ1) is 23.5. The number of halogens is 2. The largest absolute Gasteiger partial charge is 0.477 e. The molecule has 1 saturated heterocycles. The minimum Gasteiger partial charge on any atom is -0.477 e. The molecule has 2 atom stereocenters. The first-order valence-electron chi connectivity index (χ1n) is 15.0. The highest BCUT2D eigenvalue weighted by Gasteiger charge is 2.54. The van der Waals surface area contributed by atoms with Crippen LogP contribution in [-0.2, 0) is 32.3 Å². The summed E-state index contributed by atoms with van der Waals surface area (Å²) in [5.41, 5.74) is 13.6. The molecule has 3 aliphatic rings. The molecule has 5 heterocycles. The van der Waals surface area contributed by atoms with Crippen LogP contribution in [0.3, 0.4) is 0 Å². The third kappa shape index (κ3) is 6.10. The van der Waals surface area contributed by atoms with Crippen molar-refractivity contribution in [1.29, 1.82) is 0 Å². The van der Waals surface area contributed by atoms with E-state index in [0.717, 1.165) is 29.8 Å². The van der Waals surface area contributed by atoms with Crippen molar-refractivity contribution >= 4 is 74.8 Å². The van der Waals surface area contributed by atoms with Crippen LogP contribution < -0.4 is 21.4 Å². The number of nitrogens with one attached hydrogen (secondary N) is 1. The van der Waals surface area contributed by atoms with Crippen LogP contribution in [0.2, 0.25) is 4.34 Å². The smallest absolute Gasteiger partial charge is 0.352 e. The lowest BCUT2D eigenvalue weighted by atomic mass is 10.0. The molecule has 49 heavy (non-hydrogen) atoms. The first kappa shape index (κ1) is 32.6. The number of oxime groups is 1. The first-order valence-corrected chi connectivity index (χ1v) is 17.2. The molecule has 15 nitrogen and oxygen atoms in total. The Morgan fingerprint density at radius 2 is 2.08 bits per heavy atom. The van der Waals surface area contributed by atoms with Gasteiger partial charge in [-0.25, -0.2) is 23.4 Å². The van der Waals surface area contributed by atoms with Gasteiger partial charge >= 0.3 is 11.6 Å². The predicted molar refractivity (Wildman–Crippen MR) is 180 cm³/mol. The molecule has 7 rings (SSSR count). The number of fused-ring (bicyclic) bond motifs is 2. The molecule has 254 valence electrons. The van der Waals surface area contributed by atoms with Crippen LogP contribution in [0, 0.1) is 5.82 Å². The molecule has 1 saturated carbocycles. The maximum atomic E-state index is 15.1. The number of amides is 2. The van der Waals surface area contributed by atoms with Gasteiger partial charge in [-0.05, 0) is 24.5 Å². The lowest BCUT2D eigenvalue weighted by molar-refractivity contribution is -0.662. The van der Waals surface area contributed by atoms with E-state index in [1.807, 2.05) is 15.1 Å². The van der Waals surface area contributed by atoms with E-state index in [1.54, 1.807) is 35.4 Å². The van der Waals surface area contributed by atoms with Gasteiger partial charge in [0.1, 0.15) is 58.6 Å². The Kier molecular flexibility index (Phi) is 8.53. The Bertz CT molecular complexity index is 2120. The number of anilines is 1. The standard InChI is InChI=1S/C30H28ClFN10O5S2/c1-47-38-21(20-24(31)49-30(34)37-20)26(43)36-22-27(44)42-23(29(45)46)16(13-48-28(22)42)12-40-7-6-19-39(8-9-41(19)40)11-15-3-2-14(10-18(15)32)25(33)35-17-4-5-17/h2-3,6-10,17,22,28H,4-5,11-13H2,1H3,(H5-,33,34,35,36,37,43,45,46)/p+1/b38-21-/t22-,28-/m1/s1. The van der Waals surface area contributed by atoms with Crippen molar-refractivity contribution < 1.29 is 33.3 Å². The molecule has 0 bridgehead atoms. The fourth-order valence-electron chi connectivity index (χ4n) is 5.75. The lowest BCUT2D eigenvalue weighted by Gasteiger charge is -2.49. The van der Waals surface area contributed by atoms with Gasteiger partial charge in [0, 0.05) is 16.9 Å². The molecule has 3 aromatic heterocycles. The van der Waals surface area contributed by atoms with Crippen molar-refractivity contribution in [2.24, 2.45) is 15.9 Å². The minimum atomic E-state index is -1.27. The van der Waals surface area contributed by atoms with Gasteiger partial charge in [-0.2, -0.15) is 0 Å². The molecule has 1 aliphatic carbocycles. The molecule has 6 N–H and O–H groups in total. The van der Waals surface area contributed by atoms with E-state index in [1.165, 1.54) is 29.8 Å². The topological polar surface area (TPSA) is 199 Å². The Morgan fingerprint density at radius 1 is 1.29 bits per heavy atom. The Labute approximate surface area is 290 Å². The number of aromatic nitrogens is 4. The molecule has 19 heteroatoms. The summed E-state index contributed by atoms with van der Waals surface area (Å²) in [6.07, 6.45) is 7.39. The number of hydrogen-bond donors (Lipinski definition) is 4. The molecule has 4 aromatic rings. The van der Waals surface area contributed by atoms with Gasteiger partial charge in [0.05, 0.1) is 24.8 Å². The highest BCUT2D eigenvalue weighted by Crippen LogP contribution is 2.41. The number of thiazole rings is 1. The van der Waals surface area contributed by atoms with E-state index in [-0.39, 0.29) is 51.5 Å². The molecule has 2 aliphatic heterocycles. The van der Waals surface area contributed by atoms with Crippen LogP contribution in [0.5, 0.6) is 0 Å². The van der Waals surface area contributed by atoms with E-state index in [4.69, 9.17) is 27.9 Å². The van der Waals surface area contributed by atoms with E-state index in [0.29, 0.717) is 22.5 Å². The molecular formula is C30H29ClFN10O5S2+. The predicted octanol–water partition coefficient (Wildman–Crippen LogP) is 1.56. The van der Waals surface area contributed by atoms with Crippen molar-refractivity contribution in [2.75, 3.05) is 18.6 Å². The Hall–Kier alpha value is -4.94. The van der Waals surface area contributed by atoms with Gasteiger partial charge in [-0.1, -0.05) is 40.2 Å². The van der Waals surface area contributed by atoms with Crippen LogP contribution >= 0.6 is 34.7 Å². The molecule has 0 spiro atoms. The summed E-state index contributed by atoms with van der Waals surface area (Å²) in [6.45, 7) is 0.415. The number of thioether (sulfide) groups is 1. The molecule has 0 radical (unpaired) electrons. The van der Waals surface area contributed by atoms with Crippen molar-refractivity contribution in [2.45, 2.75) is 43.4 Å². The quantitative estimate of drug-likeness (QED) is 0.0582. The van der Waals surface area contributed by atoms with Gasteiger partial charge < -0.3 is 26.7 Å². The Balaban J connectivity index is 1.07. The number of imidazole rings is 1. The molecule has 0 unspecified atom stereocenters. The second kappa shape index (κ2) is 12.8. The third-order valence-electron chi connectivity index (χ3n) is 8.26. The zero-order chi connectivity index (χ0) is 34.6. The van der Waals surface area contributed by atoms with Crippen molar-refractivity contribution in [3.63, 3.8) is 0 Å². The maximum absolute atomic E-state index is 15.1. The van der Waals surface area contributed by atoms with Gasteiger partial charge in [-0.15, -0.1) is 16.3 Å². The summed E-state index contributed by atoms with van der Waals surface area (Å²) in [5.74, 6) is -2.42. The van der Waals surface area contributed by atoms with Crippen molar-refractivity contribution in [3.05, 3.63) is 81.1 Å². The number of nitrogens with zero attached hydrogens (tertiary/aromatic N) is 7. The fourth-order valence-corrected chi connectivity index (χ4v) is 8.02. The molecule has 1 aromatic carbocycles. The number of carbonyl (C=O) groups excluding carboxylic acids is 2. The van der Waals surface area contributed by atoms with E-state index in [2.05, 4.69) is 20.4 Å². The number of carboxylic acids is 1. The van der Waals surface area contributed by atoms with E-state index >= 15 is 4.39 Å². The highest BCUT2D eigenvalue weighted by atomic mass is 35.5. The number of carboxylic acid groups (broad SMARTS) is 1. The van der Waals surface area contributed by atoms with E-state index in [9.17, 15) is 19.5 Å². The third-order valence-corrected chi connectivity index (χ3v) is 10.7. The van der Waals surface area contributed by atoms with Crippen LogP contribution in [0.1, 0.15) is 29.7 Å². The number of hydrogen-bond acceptors (Lipinski definition) is 10. The molecule has 2 amide bonds.